The van der Waals surface area contributed by atoms with Gasteiger partial charge in [-0.1, -0.05) is 13.2 Å². The second-order valence-corrected chi connectivity index (χ2v) is 1.61. The first-order chi connectivity index (χ1) is 4.86. The highest BCUT2D eigenvalue weighted by atomic mass is 15.0. The molecule has 10 heavy (non-hydrogen) atoms. The van der Waals surface area contributed by atoms with Gasteiger partial charge in [0.2, 0.25) is 0 Å². The average Bonchev–Trinajstić information content (AvgIpc) is 2.05. The van der Waals surface area contributed by atoms with Crippen LogP contribution in [0.3, 0.4) is 0 Å². The predicted molar refractivity (Wildman–Crippen MR) is 40.0 cm³/mol. The van der Waals surface area contributed by atoms with Gasteiger partial charge in [0.1, 0.15) is 6.33 Å². The minimum Gasteiger partial charge on any atom is -0.217 e. The Labute approximate surface area is 59.2 Å². The van der Waals surface area contributed by atoms with Crippen LogP contribution >= 0.6 is 0 Å². The SMILES string of the molecule is C=Cc1ncnc(C=C)n1. The number of nitrogens with zero attached hydrogens (tertiary/aromatic N) is 3. The second-order valence-electron chi connectivity index (χ2n) is 1.61. The molecule has 0 aliphatic heterocycles. The summed E-state index contributed by atoms with van der Waals surface area (Å²) in [5, 5.41) is 0. The van der Waals surface area contributed by atoms with E-state index in [1.807, 2.05) is 0 Å². The molecule has 0 aromatic carbocycles. The standard InChI is InChI=1S/C7H7N3/c1-3-6-8-5-9-7(4-2)10-6/h3-5H,1-2H2. The maximum atomic E-state index is 3.95. The molecule has 0 radical (unpaired) electrons. The van der Waals surface area contributed by atoms with Gasteiger partial charge in [-0.05, 0) is 12.2 Å². The van der Waals surface area contributed by atoms with Gasteiger partial charge in [-0.15, -0.1) is 0 Å². The van der Waals surface area contributed by atoms with Crippen LogP contribution < -0.4 is 0 Å². The zero-order valence-electron chi connectivity index (χ0n) is 5.49. The normalized spacial score (nSPS) is 8.80. The van der Waals surface area contributed by atoms with E-state index in [4.69, 9.17) is 0 Å². The Hall–Kier alpha value is -1.51. The molecule has 0 unspecified atom stereocenters. The molecule has 0 aliphatic carbocycles. The van der Waals surface area contributed by atoms with Crippen molar-refractivity contribution in [2.24, 2.45) is 0 Å². The maximum absolute atomic E-state index is 3.95. The first-order valence-electron chi connectivity index (χ1n) is 2.80. The van der Waals surface area contributed by atoms with E-state index in [-0.39, 0.29) is 0 Å². The number of hydrogen-bond donors (Lipinski definition) is 0. The van der Waals surface area contributed by atoms with Crippen LogP contribution in [0.25, 0.3) is 12.2 Å². The summed E-state index contributed by atoms with van der Waals surface area (Å²) in [5.41, 5.74) is 0. The highest BCUT2D eigenvalue weighted by Gasteiger charge is 1.89. The van der Waals surface area contributed by atoms with Gasteiger partial charge >= 0.3 is 0 Å². The molecule has 0 amide bonds. The highest BCUT2D eigenvalue weighted by Crippen LogP contribution is 1.92. The smallest absolute Gasteiger partial charge is 0.155 e. The lowest BCUT2D eigenvalue weighted by Gasteiger charge is -1.90. The molecular weight excluding hydrogens is 126 g/mol. The Balaban J connectivity index is 3.09. The van der Waals surface area contributed by atoms with E-state index in [9.17, 15) is 0 Å². The molecule has 1 aromatic heterocycles. The van der Waals surface area contributed by atoms with Crippen LogP contribution in [0.1, 0.15) is 11.6 Å². The van der Waals surface area contributed by atoms with Crippen LogP contribution in [0, 0.1) is 0 Å². The van der Waals surface area contributed by atoms with Crippen molar-refractivity contribution < 1.29 is 0 Å². The minimum absolute atomic E-state index is 0.574. The summed E-state index contributed by atoms with van der Waals surface area (Å²) >= 11 is 0. The Kier molecular flexibility index (Phi) is 1.89. The fourth-order valence-electron chi connectivity index (χ4n) is 0.519. The van der Waals surface area contributed by atoms with E-state index in [0.29, 0.717) is 11.6 Å². The summed E-state index contributed by atoms with van der Waals surface area (Å²) in [5.74, 6) is 1.15. The van der Waals surface area contributed by atoms with E-state index in [1.165, 1.54) is 6.33 Å². The predicted octanol–water partition coefficient (Wildman–Crippen LogP) is 1.16. The third kappa shape index (κ3) is 1.25. The lowest BCUT2D eigenvalue weighted by molar-refractivity contribution is 1.01. The van der Waals surface area contributed by atoms with Crippen molar-refractivity contribution >= 4 is 12.2 Å². The van der Waals surface area contributed by atoms with E-state index >= 15 is 0 Å². The molecule has 1 aromatic rings. The number of aromatic nitrogens is 3. The van der Waals surface area contributed by atoms with E-state index in [1.54, 1.807) is 12.2 Å². The highest BCUT2D eigenvalue weighted by molar-refractivity contribution is 5.40. The molecule has 0 aliphatic rings. The molecular formula is C7H7N3. The van der Waals surface area contributed by atoms with Crippen LogP contribution in [0.15, 0.2) is 19.5 Å². The van der Waals surface area contributed by atoms with Crippen molar-refractivity contribution in [2.45, 2.75) is 0 Å². The molecule has 3 nitrogen and oxygen atoms in total. The maximum Gasteiger partial charge on any atom is 0.155 e. The summed E-state index contributed by atoms with van der Waals surface area (Å²) in [6, 6.07) is 0. The molecule has 0 saturated carbocycles. The van der Waals surface area contributed by atoms with E-state index in [0.717, 1.165) is 0 Å². The van der Waals surface area contributed by atoms with Crippen molar-refractivity contribution in [2.75, 3.05) is 0 Å². The molecule has 0 bridgehead atoms. The molecule has 1 rings (SSSR count). The molecule has 0 N–H and O–H groups in total. The Morgan fingerprint density at radius 1 is 1.10 bits per heavy atom. The minimum atomic E-state index is 0.574. The van der Waals surface area contributed by atoms with Gasteiger partial charge in [-0.25, -0.2) is 15.0 Å². The molecule has 0 atom stereocenters. The molecule has 3 heteroatoms. The zero-order valence-corrected chi connectivity index (χ0v) is 5.49. The summed E-state index contributed by atoms with van der Waals surface area (Å²) in [7, 11) is 0. The topological polar surface area (TPSA) is 38.7 Å². The lowest BCUT2D eigenvalue weighted by Crippen LogP contribution is -1.92. The van der Waals surface area contributed by atoms with Gasteiger partial charge < -0.3 is 0 Å². The van der Waals surface area contributed by atoms with Crippen LogP contribution in [0.5, 0.6) is 0 Å². The van der Waals surface area contributed by atoms with Gasteiger partial charge in [0.15, 0.2) is 11.6 Å². The van der Waals surface area contributed by atoms with Crippen molar-refractivity contribution in [1.29, 1.82) is 0 Å². The van der Waals surface area contributed by atoms with Crippen LogP contribution in [-0.2, 0) is 0 Å². The lowest BCUT2D eigenvalue weighted by atomic mass is 10.5. The number of hydrogen-bond acceptors (Lipinski definition) is 3. The monoisotopic (exact) mass is 133 g/mol. The molecule has 0 fully saturated rings. The van der Waals surface area contributed by atoms with Gasteiger partial charge in [0, 0.05) is 0 Å². The van der Waals surface area contributed by atoms with E-state index < -0.39 is 0 Å². The van der Waals surface area contributed by atoms with Crippen LogP contribution in [0.2, 0.25) is 0 Å². The van der Waals surface area contributed by atoms with Gasteiger partial charge in [0.25, 0.3) is 0 Å². The first-order valence-corrected chi connectivity index (χ1v) is 2.80. The summed E-state index contributed by atoms with van der Waals surface area (Å²) < 4.78 is 0. The third-order valence-corrected chi connectivity index (χ3v) is 0.974. The van der Waals surface area contributed by atoms with Crippen molar-refractivity contribution in [3.8, 4) is 0 Å². The van der Waals surface area contributed by atoms with Crippen LogP contribution in [-0.4, -0.2) is 15.0 Å². The second kappa shape index (κ2) is 2.87. The molecule has 1 heterocycles. The average molecular weight is 133 g/mol. The fraction of sp³-hybridized carbons (Fsp3) is 0. The van der Waals surface area contributed by atoms with Crippen molar-refractivity contribution in [3.63, 3.8) is 0 Å². The molecule has 50 valence electrons. The summed E-state index contributed by atoms with van der Waals surface area (Å²) in [4.78, 5) is 11.6. The Bertz CT molecular complexity index is 232. The van der Waals surface area contributed by atoms with Gasteiger partial charge in [0.05, 0.1) is 0 Å². The largest absolute Gasteiger partial charge is 0.217 e. The molecule has 0 saturated heterocycles. The van der Waals surface area contributed by atoms with Crippen molar-refractivity contribution in [3.05, 3.63) is 31.1 Å². The fourth-order valence-corrected chi connectivity index (χ4v) is 0.519. The first kappa shape index (κ1) is 6.61. The zero-order chi connectivity index (χ0) is 7.40. The Morgan fingerprint density at radius 3 is 2.00 bits per heavy atom. The Morgan fingerprint density at radius 2 is 1.60 bits per heavy atom. The third-order valence-electron chi connectivity index (χ3n) is 0.974. The van der Waals surface area contributed by atoms with E-state index in [2.05, 4.69) is 28.1 Å². The van der Waals surface area contributed by atoms with Gasteiger partial charge in [-0.3, -0.25) is 0 Å². The quantitative estimate of drug-likeness (QED) is 0.607. The molecule has 0 spiro atoms. The van der Waals surface area contributed by atoms with Crippen LogP contribution in [0.4, 0.5) is 0 Å². The van der Waals surface area contributed by atoms with Crippen molar-refractivity contribution in [1.82, 2.24) is 15.0 Å². The summed E-state index contributed by atoms with van der Waals surface area (Å²) in [6.45, 7) is 7.04. The number of rotatable bonds is 2. The van der Waals surface area contributed by atoms with Gasteiger partial charge in [-0.2, -0.15) is 0 Å². The summed E-state index contributed by atoms with van der Waals surface area (Å²) in [6.07, 6.45) is 4.56.